The van der Waals surface area contributed by atoms with Crippen molar-refractivity contribution >= 4 is 10.9 Å². The van der Waals surface area contributed by atoms with Crippen LogP contribution in [0.2, 0.25) is 0 Å². The van der Waals surface area contributed by atoms with Gasteiger partial charge < -0.3 is 4.74 Å². The number of benzene rings is 1. The van der Waals surface area contributed by atoms with Crippen LogP contribution in [0.1, 0.15) is 30.9 Å². The van der Waals surface area contributed by atoms with E-state index in [-0.39, 0.29) is 6.04 Å². The predicted octanol–water partition coefficient (Wildman–Crippen LogP) is 2.56. The zero-order valence-electron chi connectivity index (χ0n) is 11.6. The van der Waals surface area contributed by atoms with Gasteiger partial charge in [0.05, 0.1) is 5.52 Å². The smallest absolute Gasteiger partial charge is 0.0702 e. The van der Waals surface area contributed by atoms with Gasteiger partial charge in [0, 0.05) is 30.8 Å². The van der Waals surface area contributed by atoms with Crippen molar-refractivity contribution in [2.75, 3.05) is 13.2 Å². The van der Waals surface area contributed by atoms with Gasteiger partial charge >= 0.3 is 0 Å². The molecule has 1 saturated heterocycles. The van der Waals surface area contributed by atoms with E-state index in [9.17, 15) is 0 Å². The first-order valence-corrected chi connectivity index (χ1v) is 7.25. The van der Waals surface area contributed by atoms with E-state index < -0.39 is 0 Å². The minimum absolute atomic E-state index is 0.197. The number of rotatable bonds is 4. The molecule has 3 N–H and O–H groups in total. The Hall–Kier alpha value is -1.49. The lowest BCUT2D eigenvalue weighted by molar-refractivity contribution is 0.0605. The van der Waals surface area contributed by atoms with E-state index in [1.807, 2.05) is 12.3 Å². The molecule has 2 aromatic rings. The summed E-state index contributed by atoms with van der Waals surface area (Å²) in [4.78, 5) is 4.35. The minimum Gasteiger partial charge on any atom is -0.381 e. The fraction of sp³-hybridized carbons (Fsp3) is 0.438. The first-order chi connectivity index (χ1) is 9.86. The molecule has 3 rings (SSSR count). The van der Waals surface area contributed by atoms with Gasteiger partial charge in [0.2, 0.25) is 0 Å². The Labute approximate surface area is 119 Å². The summed E-state index contributed by atoms with van der Waals surface area (Å²) in [5.74, 6) is 6.46. The van der Waals surface area contributed by atoms with E-state index in [1.54, 1.807) is 0 Å². The second-order valence-electron chi connectivity index (χ2n) is 5.47. The van der Waals surface area contributed by atoms with Crippen LogP contribution in [0.15, 0.2) is 36.5 Å². The number of hydrazine groups is 1. The molecule has 1 aromatic heterocycles. The number of nitrogens with one attached hydrogen (secondary N) is 1. The highest BCUT2D eigenvalue weighted by Gasteiger charge is 2.20. The van der Waals surface area contributed by atoms with Crippen molar-refractivity contribution in [1.29, 1.82) is 0 Å². The highest BCUT2D eigenvalue weighted by Crippen LogP contribution is 2.28. The molecule has 1 unspecified atom stereocenters. The summed E-state index contributed by atoms with van der Waals surface area (Å²) in [7, 11) is 0. The van der Waals surface area contributed by atoms with Gasteiger partial charge in [-0.25, -0.2) is 0 Å². The van der Waals surface area contributed by atoms with Gasteiger partial charge in [-0.2, -0.15) is 0 Å². The summed E-state index contributed by atoms with van der Waals surface area (Å²) in [6.45, 7) is 1.76. The average molecular weight is 271 g/mol. The van der Waals surface area contributed by atoms with Crippen molar-refractivity contribution in [3.8, 4) is 0 Å². The normalized spacial score (nSPS) is 18.2. The Morgan fingerprint density at radius 2 is 2.15 bits per heavy atom. The van der Waals surface area contributed by atoms with Gasteiger partial charge in [0.25, 0.3) is 0 Å². The number of aromatic nitrogens is 1. The summed E-state index contributed by atoms with van der Waals surface area (Å²) < 4.78 is 5.42. The van der Waals surface area contributed by atoms with Crippen molar-refractivity contribution in [2.24, 2.45) is 11.8 Å². The molecule has 0 saturated carbocycles. The first-order valence-electron chi connectivity index (χ1n) is 7.25. The van der Waals surface area contributed by atoms with Gasteiger partial charge in [-0.05, 0) is 48.9 Å². The summed E-state index contributed by atoms with van der Waals surface area (Å²) >= 11 is 0. The second kappa shape index (κ2) is 6.31. The number of hydrogen-bond acceptors (Lipinski definition) is 4. The summed E-state index contributed by atoms with van der Waals surface area (Å²) in [6.07, 6.45) is 5.15. The fourth-order valence-electron chi connectivity index (χ4n) is 2.93. The lowest BCUT2D eigenvalue weighted by atomic mass is 9.89. The third-order valence-corrected chi connectivity index (χ3v) is 4.14. The molecule has 0 amide bonds. The molecule has 4 nitrogen and oxygen atoms in total. The Balaban J connectivity index is 1.79. The highest BCUT2D eigenvalue weighted by molar-refractivity contribution is 5.79. The van der Waals surface area contributed by atoms with E-state index in [1.165, 1.54) is 5.56 Å². The van der Waals surface area contributed by atoms with E-state index in [0.29, 0.717) is 5.92 Å². The lowest BCUT2D eigenvalue weighted by Crippen LogP contribution is -2.31. The number of nitrogens with two attached hydrogens (primary N) is 1. The van der Waals surface area contributed by atoms with Crippen molar-refractivity contribution in [1.82, 2.24) is 10.4 Å². The van der Waals surface area contributed by atoms with Gasteiger partial charge in [-0.3, -0.25) is 16.3 Å². The van der Waals surface area contributed by atoms with E-state index >= 15 is 0 Å². The van der Waals surface area contributed by atoms with Crippen LogP contribution in [-0.4, -0.2) is 18.2 Å². The Bertz CT molecular complexity index is 566. The zero-order valence-corrected chi connectivity index (χ0v) is 11.6. The van der Waals surface area contributed by atoms with Crippen molar-refractivity contribution in [3.63, 3.8) is 0 Å². The topological polar surface area (TPSA) is 60.2 Å². The summed E-state index contributed by atoms with van der Waals surface area (Å²) in [5.41, 5.74) is 5.23. The molecule has 0 bridgehead atoms. The molecular formula is C16H21N3O. The molecule has 1 atom stereocenters. The quantitative estimate of drug-likeness (QED) is 0.663. The van der Waals surface area contributed by atoms with Crippen LogP contribution in [-0.2, 0) is 4.74 Å². The largest absolute Gasteiger partial charge is 0.381 e. The number of nitrogens with zero attached hydrogens (tertiary/aromatic N) is 1. The molecule has 1 fully saturated rings. The predicted molar refractivity (Wildman–Crippen MR) is 80.0 cm³/mol. The molecule has 1 aliphatic rings. The molecule has 2 heterocycles. The van der Waals surface area contributed by atoms with E-state index in [4.69, 9.17) is 10.6 Å². The lowest BCUT2D eigenvalue weighted by Gasteiger charge is -2.26. The van der Waals surface area contributed by atoms with E-state index in [2.05, 4.69) is 34.7 Å². The molecule has 0 spiro atoms. The van der Waals surface area contributed by atoms with Gasteiger partial charge in [-0.15, -0.1) is 0 Å². The maximum Gasteiger partial charge on any atom is 0.0702 e. The maximum absolute atomic E-state index is 5.77. The first kappa shape index (κ1) is 13.5. The Morgan fingerprint density at radius 3 is 2.95 bits per heavy atom. The van der Waals surface area contributed by atoms with Crippen molar-refractivity contribution < 1.29 is 4.74 Å². The van der Waals surface area contributed by atoms with Crippen molar-refractivity contribution in [3.05, 3.63) is 42.1 Å². The van der Waals surface area contributed by atoms with Crippen LogP contribution in [0.3, 0.4) is 0 Å². The molecule has 20 heavy (non-hydrogen) atoms. The van der Waals surface area contributed by atoms with Gasteiger partial charge in [-0.1, -0.05) is 12.1 Å². The number of pyridine rings is 1. The van der Waals surface area contributed by atoms with Gasteiger partial charge in [0.1, 0.15) is 0 Å². The Kier molecular flexibility index (Phi) is 4.25. The number of ether oxygens (including phenoxy) is 1. The maximum atomic E-state index is 5.77. The molecule has 1 aromatic carbocycles. The minimum atomic E-state index is 0.197. The Morgan fingerprint density at radius 1 is 1.30 bits per heavy atom. The SMILES string of the molecule is NNC(CC1CCOCC1)c1ccc2ncccc2c1. The highest BCUT2D eigenvalue weighted by atomic mass is 16.5. The molecule has 0 aliphatic carbocycles. The molecule has 4 heteroatoms. The van der Waals surface area contributed by atoms with Crippen LogP contribution >= 0.6 is 0 Å². The molecule has 0 radical (unpaired) electrons. The molecule has 1 aliphatic heterocycles. The van der Waals surface area contributed by atoms with Crippen LogP contribution in [0.4, 0.5) is 0 Å². The molecule has 106 valence electrons. The number of fused-ring (bicyclic) bond motifs is 1. The third kappa shape index (κ3) is 2.98. The summed E-state index contributed by atoms with van der Waals surface area (Å²) in [5, 5.41) is 1.16. The van der Waals surface area contributed by atoms with Crippen LogP contribution in [0.5, 0.6) is 0 Å². The number of hydrogen-bond donors (Lipinski definition) is 2. The molecular weight excluding hydrogens is 250 g/mol. The van der Waals surface area contributed by atoms with Crippen LogP contribution < -0.4 is 11.3 Å². The van der Waals surface area contributed by atoms with Gasteiger partial charge in [0.15, 0.2) is 0 Å². The van der Waals surface area contributed by atoms with Crippen molar-refractivity contribution in [2.45, 2.75) is 25.3 Å². The zero-order chi connectivity index (χ0) is 13.8. The summed E-state index contributed by atoms with van der Waals surface area (Å²) in [6, 6.07) is 10.6. The van der Waals surface area contributed by atoms with Crippen LogP contribution in [0.25, 0.3) is 10.9 Å². The second-order valence-corrected chi connectivity index (χ2v) is 5.47. The third-order valence-electron chi connectivity index (χ3n) is 4.14. The average Bonchev–Trinajstić information content (AvgIpc) is 2.53. The fourth-order valence-corrected chi connectivity index (χ4v) is 2.93. The monoisotopic (exact) mass is 271 g/mol. The van der Waals surface area contributed by atoms with E-state index in [0.717, 1.165) is 43.4 Å². The standard InChI is InChI=1S/C16H21N3O/c17-19-16(10-12-5-8-20-9-6-12)14-3-4-15-13(11-14)2-1-7-18-15/h1-4,7,11-12,16,19H,5-6,8-10,17H2. The van der Waals surface area contributed by atoms with Crippen LogP contribution in [0, 0.1) is 5.92 Å².